The molecule has 110 valence electrons. The zero-order valence-electron chi connectivity index (χ0n) is 12.7. The van der Waals surface area contributed by atoms with Crippen molar-refractivity contribution in [2.75, 3.05) is 37.8 Å². The monoisotopic (exact) mass is 275 g/mol. The molecule has 1 aliphatic heterocycles. The standard InChI is InChI=1S/C16H25N3O/c1-12-5-4-9-19(10-8-12)15-7-6-13(11-14(15)17)16(20)18(2)3/h6-7,11-12H,4-5,8-10,17H2,1-3H3. The van der Waals surface area contributed by atoms with E-state index >= 15 is 0 Å². The van der Waals surface area contributed by atoms with Crippen LogP contribution in [-0.4, -0.2) is 38.0 Å². The van der Waals surface area contributed by atoms with Gasteiger partial charge in [-0.15, -0.1) is 0 Å². The largest absolute Gasteiger partial charge is 0.397 e. The van der Waals surface area contributed by atoms with Crippen molar-refractivity contribution in [2.24, 2.45) is 5.92 Å². The van der Waals surface area contributed by atoms with Crippen LogP contribution in [0.15, 0.2) is 18.2 Å². The third-order valence-corrected chi connectivity index (χ3v) is 4.04. The third kappa shape index (κ3) is 3.24. The van der Waals surface area contributed by atoms with Gasteiger partial charge in [0.25, 0.3) is 5.91 Å². The van der Waals surface area contributed by atoms with Gasteiger partial charge in [0, 0.05) is 32.7 Å². The highest BCUT2D eigenvalue weighted by molar-refractivity contribution is 5.95. The lowest BCUT2D eigenvalue weighted by Gasteiger charge is -2.25. The van der Waals surface area contributed by atoms with Crippen LogP contribution in [0.3, 0.4) is 0 Å². The molecule has 1 unspecified atom stereocenters. The van der Waals surface area contributed by atoms with E-state index in [2.05, 4.69) is 11.8 Å². The second-order valence-electron chi connectivity index (χ2n) is 6.00. The molecule has 1 aromatic rings. The van der Waals surface area contributed by atoms with Gasteiger partial charge in [-0.05, 0) is 43.4 Å². The zero-order chi connectivity index (χ0) is 14.7. The van der Waals surface area contributed by atoms with E-state index in [-0.39, 0.29) is 5.91 Å². The summed E-state index contributed by atoms with van der Waals surface area (Å²) >= 11 is 0. The van der Waals surface area contributed by atoms with E-state index in [0.717, 1.165) is 24.7 Å². The van der Waals surface area contributed by atoms with Gasteiger partial charge in [0.05, 0.1) is 11.4 Å². The van der Waals surface area contributed by atoms with Crippen molar-refractivity contribution in [3.05, 3.63) is 23.8 Å². The normalized spacial score (nSPS) is 19.6. The van der Waals surface area contributed by atoms with Gasteiger partial charge in [0.2, 0.25) is 0 Å². The number of nitrogens with two attached hydrogens (primary N) is 1. The highest BCUT2D eigenvalue weighted by Crippen LogP contribution is 2.28. The van der Waals surface area contributed by atoms with E-state index in [9.17, 15) is 4.79 Å². The Morgan fingerprint density at radius 3 is 2.70 bits per heavy atom. The Labute approximate surface area is 121 Å². The van der Waals surface area contributed by atoms with Crippen molar-refractivity contribution >= 4 is 17.3 Å². The number of carbonyl (C=O) groups excluding carboxylic acids is 1. The summed E-state index contributed by atoms with van der Waals surface area (Å²) in [5, 5.41) is 0. The van der Waals surface area contributed by atoms with Crippen molar-refractivity contribution in [2.45, 2.75) is 26.2 Å². The molecular formula is C16H25N3O. The van der Waals surface area contributed by atoms with Crippen LogP contribution in [0, 0.1) is 5.92 Å². The highest BCUT2D eigenvalue weighted by atomic mass is 16.2. The molecule has 0 radical (unpaired) electrons. The lowest BCUT2D eigenvalue weighted by Crippen LogP contribution is -2.26. The van der Waals surface area contributed by atoms with Crippen LogP contribution in [0.5, 0.6) is 0 Å². The van der Waals surface area contributed by atoms with E-state index in [1.165, 1.54) is 19.3 Å². The van der Waals surface area contributed by atoms with Gasteiger partial charge in [0.15, 0.2) is 0 Å². The second-order valence-corrected chi connectivity index (χ2v) is 6.00. The molecule has 0 aliphatic carbocycles. The topological polar surface area (TPSA) is 49.6 Å². The highest BCUT2D eigenvalue weighted by Gasteiger charge is 2.17. The van der Waals surface area contributed by atoms with Crippen molar-refractivity contribution in [3.8, 4) is 0 Å². The maximum absolute atomic E-state index is 11.9. The first kappa shape index (κ1) is 14.7. The van der Waals surface area contributed by atoms with Gasteiger partial charge >= 0.3 is 0 Å². The van der Waals surface area contributed by atoms with E-state index in [1.807, 2.05) is 12.1 Å². The van der Waals surface area contributed by atoms with Crippen LogP contribution in [0.2, 0.25) is 0 Å². The number of rotatable bonds is 2. The number of benzene rings is 1. The van der Waals surface area contributed by atoms with Gasteiger partial charge in [-0.3, -0.25) is 4.79 Å². The van der Waals surface area contributed by atoms with Gasteiger partial charge in [-0.1, -0.05) is 6.92 Å². The minimum atomic E-state index is -0.00672. The fourth-order valence-electron chi connectivity index (χ4n) is 2.74. The molecule has 0 spiro atoms. The number of carbonyl (C=O) groups is 1. The molecule has 1 aliphatic rings. The molecule has 1 amide bonds. The van der Waals surface area contributed by atoms with Crippen molar-refractivity contribution in [1.82, 2.24) is 4.90 Å². The molecule has 2 rings (SSSR count). The first-order chi connectivity index (χ1) is 9.49. The van der Waals surface area contributed by atoms with Crippen molar-refractivity contribution in [3.63, 3.8) is 0 Å². The fraction of sp³-hybridized carbons (Fsp3) is 0.562. The summed E-state index contributed by atoms with van der Waals surface area (Å²) in [4.78, 5) is 15.9. The summed E-state index contributed by atoms with van der Waals surface area (Å²) in [6, 6.07) is 5.66. The molecule has 4 heteroatoms. The Morgan fingerprint density at radius 1 is 1.30 bits per heavy atom. The molecule has 4 nitrogen and oxygen atoms in total. The fourth-order valence-corrected chi connectivity index (χ4v) is 2.74. The van der Waals surface area contributed by atoms with Crippen LogP contribution in [-0.2, 0) is 0 Å². The van der Waals surface area contributed by atoms with E-state index in [0.29, 0.717) is 11.3 Å². The third-order valence-electron chi connectivity index (χ3n) is 4.04. The summed E-state index contributed by atoms with van der Waals surface area (Å²) in [5.41, 5.74) is 8.58. The lowest BCUT2D eigenvalue weighted by molar-refractivity contribution is 0.0827. The summed E-state index contributed by atoms with van der Waals surface area (Å²) in [7, 11) is 3.51. The molecule has 0 aromatic heterocycles. The Bertz CT molecular complexity index is 485. The van der Waals surface area contributed by atoms with Crippen LogP contribution < -0.4 is 10.6 Å². The minimum absolute atomic E-state index is 0.00672. The van der Waals surface area contributed by atoms with Gasteiger partial charge in [-0.25, -0.2) is 0 Å². The number of nitrogens with zero attached hydrogens (tertiary/aromatic N) is 2. The predicted molar refractivity (Wildman–Crippen MR) is 84.1 cm³/mol. The molecule has 1 heterocycles. The summed E-state index contributed by atoms with van der Waals surface area (Å²) in [5.74, 6) is 0.781. The zero-order valence-corrected chi connectivity index (χ0v) is 12.7. The van der Waals surface area contributed by atoms with Gasteiger partial charge in [0.1, 0.15) is 0 Å². The number of anilines is 2. The van der Waals surface area contributed by atoms with Crippen molar-refractivity contribution < 1.29 is 4.79 Å². The lowest BCUT2D eigenvalue weighted by atomic mass is 10.0. The molecule has 1 saturated heterocycles. The van der Waals surface area contributed by atoms with E-state index in [1.54, 1.807) is 25.1 Å². The van der Waals surface area contributed by atoms with Crippen LogP contribution in [0.4, 0.5) is 11.4 Å². The maximum atomic E-state index is 11.9. The Balaban J connectivity index is 2.19. The minimum Gasteiger partial charge on any atom is -0.397 e. The maximum Gasteiger partial charge on any atom is 0.253 e. The van der Waals surface area contributed by atoms with E-state index in [4.69, 9.17) is 5.73 Å². The molecule has 1 aromatic carbocycles. The number of nitrogen functional groups attached to an aromatic ring is 1. The predicted octanol–water partition coefficient (Wildman–Crippen LogP) is 2.60. The Kier molecular flexibility index (Phi) is 4.53. The van der Waals surface area contributed by atoms with Crippen LogP contribution in [0.25, 0.3) is 0 Å². The number of amides is 1. The molecule has 0 bridgehead atoms. The quantitative estimate of drug-likeness (QED) is 0.844. The average molecular weight is 275 g/mol. The molecular weight excluding hydrogens is 250 g/mol. The summed E-state index contributed by atoms with van der Waals surface area (Å²) in [6.45, 7) is 4.41. The Hall–Kier alpha value is -1.71. The van der Waals surface area contributed by atoms with Crippen LogP contribution >= 0.6 is 0 Å². The van der Waals surface area contributed by atoms with E-state index < -0.39 is 0 Å². The van der Waals surface area contributed by atoms with Gasteiger partial charge in [-0.2, -0.15) is 0 Å². The Morgan fingerprint density at radius 2 is 2.05 bits per heavy atom. The molecule has 1 atom stereocenters. The van der Waals surface area contributed by atoms with Crippen molar-refractivity contribution in [1.29, 1.82) is 0 Å². The molecule has 20 heavy (non-hydrogen) atoms. The van der Waals surface area contributed by atoms with Gasteiger partial charge < -0.3 is 15.5 Å². The first-order valence-electron chi connectivity index (χ1n) is 7.35. The average Bonchev–Trinajstić information content (AvgIpc) is 2.62. The molecule has 2 N–H and O–H groups in total. The molecule has 1 fully saturated rings. The van der Waals surface area contributed by atoms with Crippen LogP contribution in [0.1, 0.15) is 36.5 Å². The second kappa shape index (κ2) is 6.16. The smallest absolute Gasteiger partial charge is 0.253 e. The summed E-state index contributed by atoms with van der Waals surface area (Å²) in [6.07, 6.45) is 3.70. The number of hydrogen-bond acceptors (Lipinski definition) is 3. The molecule has 0 saturated carbocycles. The number of hydrogen-bond donors (Lipinski definition) is 1. The summed E-state index contributed by atoms with van der Waals surface area (Å²) < 4.78 is 0. The SMILES string of the molecule is CC1CCCN(c2ccc(C(=O)N(C)C)cc2N)CC1. The first-order valence-corrected chi connectivity index (χ1v) is 7.35.